The van der Waals surface area contributed by atoms with E-state index in [1.165, 1.54) is 11.3 Å². The van der Waals surface area contributed by atoms with Gasteiger partial charge in [0.15, 0.2) is 0 Å². The minimum atomic E-state index is 0.649. The highest BCUT2D eigenvalue weighted by atomic mass is 16.5. The van der Waals surface area contributed by atoms with Gasteiger partial charge in [0.2, 0.25) is 5.88 Å². The molecule has 4 nitrogen and oxygen atoms in total. The molecule has 0 saturated carbocycles. The van der Waals surface area contributed by atoms with Crippen molar-refractivity contribution in [3.05, 3.63) is 53.7 Å². The van der Waals surface area contributed by atoms with E-state index in [0.29, 0.717) is 12.4 Å². The molecule has 21 heavy (non-hydrogen) atoms. The van der Waals surface area contributed by atoms with Crippen LogP contribution in [0.3, 0.4) is 0 Å². The van der Waals surface area contributed by atoms with E-state index in [0.717, 1.165) is 25.2 Å². The molecule has 0 unspecified atom stereocenters. The molecular weight excluding hydrogens is 262 g/mol. The Morgan fingerprint density at radius 1 is 1.19 bits per heavy atom. The number of methoxy groups -OCH3 is 1. The summed E-state index contributed by atoms with van der Waals surface area (Å²) >= 11 is 0. The highest BCUT2D eigenvalue weighted by molar-refractivity contribution is 5.48. The lowest BCUT2D eigenvalue weighted by atomic mass is 10.2. The van der Waals surface area contributed by atoms with E-state index in [4.69, 9.17) is 10.5 Å². The Morgan fingerprint density at radius 2 is 2.00 bits per heavy atom. The van der Waals surface area contributed by atoms with Crippen molar-refractivity contribution < 1.29 is 4.74 Å². The van der Waals surface area contributed by atoms with Crippen LogP contribution in [0.25, 0.3) is 0 Å². The molecule has 0 aliphatic rings. The molecule has 0 aliphatic heterocycles. The van der Waals surface area contributed by atoms with E-state index in [1.54, 1.807) is 7.11 Å². The van der Waals surface area contributed by atoms with Crippen LogP contribution in [0, 0.1) is 6.92 Å². The van der Waals surface area contributed by atoms with Crippen LogP contribution in [0.15, 0.2) is 42.5 Å². The summed E-state index contributed by atoms with van der Waals surface area (Å²) in [6.07, 6.45) is 0.956. The van der Waals surface area contributed by atoms with Crippen LogP contribution in [0.1, 0.15) is 17.7 Å². The number of aromatic nitrogens is 1. The number of ether oxygens (including phenoxy) is 1. The third-order valence-electron chi connectivity index (χ3n) is 3.34. The molecule has 0 radical (unpaired) electrons. The summed E-state index contributed by atoms with van der Waals surface area (Å²) < 4.78 is 5.19. The Hall–Kier alpha value is -2.07. The first-order valence-corrected chi connectivity index (χ1v) is 7.24. The number of nitrogens with zero attached hydrogens (tertiary/aromatic N) is 2. The number of hydrogen-bond acceptors (Lipinski definition) is 4. The maximum atomic E-state index is 5.66. The Bertz CT molecular complexity index is 571. The molecule has 1 heterocycles. The summed E-state index contributed by atoms with van der Waals surface area (Å²) in [6.45, 7) is 4.46. The van der Waals surface area contributed by atoms with Crippen LogP contribution in [0.5, 0.6) is 5.88 Å². The van der Waals surface area contributed by atoms with E-state index >= 15 is 0 Å². The first-order valence-electron chi connectivity index (χ1n) is 7.24. The first-order chi connectivity index (χ1) is 10.2. The first kappa shape index (κ1) is 15.3. The van der Waals surface area contributed by atoms with Crippen LogP contribution in [-0.2, 0) is 6.54 Å². The number of rotatable bonds is 7. The minimum Gasteiger partial charge on any atom is -0.481 e. The normalized spacial score (nSPS) is 10.4. The van der Waals surface area contributed by atoms with Crippen LogP contribution in [0.4, 0.5) is 5.69 Å². The standard InChI is InChI=1S/C17H23N3O/c1-14-6-3-8-16(12-14)20(11-5-10-18)13-15-7-4-9-17(19-15)21-2/h3-4,6-9,12H,5,10-11,13,18H2,1-2H3. The van der Waals surface area contributed by atoms with Gasteiger partial charge < -0.3 is 15.4 Å². The highest BCUT2D eigenvalue weighted by Crippen LogP contribution is 2.19. The van der Waals surface area contributed by atoms with E-state index < -0.39 is 0 Å². The molecule has 0 amide bonds. The molecule has 0 atom stereocenters. The summed E-state index contributed by atoms with van der Waals surface area (Å²) in [7, 11) is 1.64. The zero-order chi connectivity index (χ0) is 15.1. The van der Waals surface area contributed by atoms with Gasteiger partial charge >= 0.3 is 0 Å². The predicted octanol–water partition coefficient (Wildman–Crippen LogP) is 2.75. The van der Waals surface area contributed by atoms with Crippen molar-refractivity contribution in [2.75, 3.05) is 25.1 Å². The average molecular weight is 285 g/mol. The number of aryl methyl sites for hydroxylation is 1. The van der Waals surface area contributed by atoms with Crippen LogP contribution < -0.4 is 15.4 Å². The Kier molecular flexibility index (Phi) is 5.58. The summed E-state index contributed by atoms with van der Waals surface area (Å²) in [5, 5.41) is 0. The van der Waals surface area contributed by atoms with Gasteiger partial charge in [-0.3, -0.25) is 0 Å². The van der Waals surface area contributed by atoms with E-state index in [2.05, 4.69) is 41.1 Å². The highest BCUT2D eigenvalue weighted by Gasteiger charge is 2.09. The van der Waals surface area contributed by atoms with Crippen molar-refractivity contribution in [2.24, 2.45) is 5.73 Å². The summed E-state index contributed by atoms with van der Waals surface area (Å²) in [5.74, 6) is 0.649. The fourth-order valence-corrected chi connectivity index (χ4v) is 2.26. The monoisotopic (exact) mass is 285 g/mol. The van der Waals surface area contributed by atoms with Crippen molar-refractivity contribution in [3.63, 3.8) is 0 Å². The van der Waals surface area contributed by atoms with Crippen molar-refractivity contribution in [1.29, 1.82) is 0 Å². The molecule has 0 spiro atoms. The fraction of sp³-hybridized carbons (Fsp3) is 0.353. The van der Waals surface area contributed by atoms with Gasteiger partial charge in [-0.25, -0.2) is 4.98 Å². The van der Waals surface area contributed by atoms with Gasteiger partial charge in [-0.15, -0.1) is 0 Å². The summed E-state index contributed by atoms with van der Waals surface area (Å²) in [4.78, 5) is 6.80. The van der Waals surface area contributed by atoms with E-state index in [1.807, 2.05) is 18.2 Å². The molecule has 0 fully saturated rings. The maximum Gasteiger partial charge on any atom is 0.213 e. The second kappa shape index (κ2) is 7.64. The molecule has 0 saturated heterocycles. The molecule has 4 heteroatoms. The third-order valence-corrected chi connectivity index (χ3v) is 3.34. The van der Waals surface area contributed by atoms with Crippen molar-refractivity contribution in [2.45, 2.75) is 19.9 Å². The lowest BCUT2D eigenvalue weighted by Gasteiger charge is -2.25. The topological polar surface area (TPSA) is 51.4 Å². The smallest absolute Gasteiger partial charge is 0.213 e. The van der Waals surface area contributed by atoms with Crippen LogP contribution in [0.2, 0.25) is 0 Å². The fourth-order valence-electron chi connectivity index (χ4n) is 2.26. The molecule has 0 bridgehead atoms. The molecular formula is C17H23N3O. The third kappa shape index (κ3) is 4.46. The molecule has 2 rings (SSSR count). The van der Waals surface area contributed by atoms with Crippen molar-refractivity contribution >= 4 is 5.69 Å². The molecule has 0 aliphatic carbocycles. The number of benzene rings is 1. The van der Waals surface area contributed by atoms with Gasteiger partial charge in [0.1, 0.15) is 0 Å². The number of anilines is 1. The maximum absolute atomic E-state index is 5.66. The van der Waals surface area contributed by atoms with Crippen molar-refractivity contribution in [3.8, 4) is 5.88 Å². The average Bonchev–Trinajstić information content (AvgIpc) is 2.51. The minimum absolute atomic E-state index is 0.649. The van der Waals surface area contributed by atoms with Gasteiger partial charge in [-0.05, 0) is 43.7 Å². The molecule has 2 N–H and O–H groups in total. The Balaban J connectivity index is 2.19. The summed E-state index contributed by atoms with van der Waals surface area (Å²) in [6, 6.07) is 14.4. The quantitative estimate of drug-likeness (QED) is 0.850. The predicted molar refractivity (Wildman–Crippen MR) is 86.7 cm³/mol. The largest absolute Gasteiger partial charge is 0.481 e. The number of pyridine rings is 1. The second-order valence-electron chi connectivity index (χ2n) is 5.07. The van der Waals surface area contributed by atoms with Gasteiger partial charge in [0.25, 0.3) is 0 Å². The van der Waals surface area contributed by atoms with Gasteiger partial charge in [0, 0.05) is 18.3 Å². The van der Waals surface area contributed by atoms with Gasteiger partial charge in [-0.2, -0.15) is 0 Å². The number of nitrogens with two attached hydrogens (primary N) is 1. The molecule has 112 valence electrons. The van der Waals surface area contributed by atoms with E-state index in [-0.39, 0.29) is 0 Å². The summed E-state index contributed by atoms with van der Waals surface area (Å²) in [5.41, 5.74) is 9.11. The zero-order valence-corrected chi connectivity index (χ0v) is 12.7. The van der Waals surface area contributed by atoms with Gasteiger partial charge in [-0.1, -0.05) is 18.2 Å². The van der Waals surface area contributed by atoms with Crippen LogP contribution in [-0.4, -0.2) is 25.2 Å². The second-order valence-corrected chi connectivity index (χ2v) is 5.07. The molecule has 1 aromatic heterocycles. The zero-order valence-electron chi connectivity index (χ0n) is 12.7. The lowest BCUT2D eigenvalue weighted by molar-refractivity contribution is 0.396. The van der Waals surface area contributed by atoms with Crippen molar-refractivity contribution in [1.82, 2.24) is 4.98 Å². The Morgan fingerprint density at radius 3 is 2.71 bits per heavy atom. The van der Waals surface area contributed by atoms with Crippen LogP contribution >= 0.6 is 0 Å². The molecule has 1 aromatic carbocycles. The van der Waals surface area contributed by atoms with Gasteiger partial charge in [0.05, 0.1) is 19.3 Å². The molecule has 2 aromatic rings. The lowest BCUT2D eigenvalue weighted by Crippen LogP contribution is -2.26. The number of hydrogen-bond donors (Lipinski definition) is 1. The van der Waals surface area contributed by atoms with E-state index in [9.17, 15) is 0 Å². The SMILES string of the molecule is COc1cccc(CN(CCCN)c2cccc(C)c2)n1. The Labute approximate surface area is 126 Å².